The van der Waals surface area contributed by atoms with E-state index in [4.69, 9.17) is 14.9 Å². The van der Waals surface area contributed by atoms with Crippen LogP contribution in [0.3, 0.4) is 0 Å². The Hall–Kier alpha value is -4.46. The predicted octanol–water partition coefficient (Wildman–Crippen LogP) is 6.64. The zero-order valence-electron chi connectivity index (χ0n) is 21.9. The number of rotatable bonds is 7. The van der Waals surface area contributed by atoms with E-state index in [1.165, 1.54) is 5.56 Å². The number of aliphatic imine (C=N–C) groups is 2. The summed E-state index contributed by atoms with van der Waals surface area (Å²) in [6.07, 6.45) is 4.16. The first kappa shape index (κ1) is 30.1. The van der Waals surface area contributed by atoms with Crippen LogP contribution in [0.15, 0.2) is 113 Å². The number of carbonyl (C=O) groups is 1. The van der Waals surface area contributed by atoms with Crippen LogP contribution in [-0.2, 0) is 28.0 Å². The third kappa shape index (κ3) is 8.02. The summed E-state index contributed by atoms with van der Waals surface area (Å²) in [5, 5.41) is 32.4. The van der Waals surface area contributed by atoms with E-state index in [2.05, 4.69) is 17.1 Å². The molecule has 1 unspecified atom stereocenters. The molecule has 0 aliphatic carbocycles. The summed E-state index contributed by atoms with van der Waals surface area (Å²) in [4.78, 5) is 18.4. The maximum Gasteiger partial charge on any atom is 0.300 e. The molecule has 0 fully saturated rings. The second-order valence-corrected chi connectivity index (χ2v) is 9.08. The minimum atomic E-state index is -0.833. The van der Waals surface area contributed by atoms with Crippen molar-refractivity contribution in [3.8, 4) is 11.5 Å². The molecule has 1 atom stereocenters. The zero-order valence-corrected chi connectivity index (χ0v) is 23.0. The van der Waals surface area contributed by atoms with Crippen LogP contribution < -0.4 is 0 Å². The molecule has 3 N–H and O–H groups in total. The number of hydrogen-bond acceptors (Lipinski definition) is 5. The Kier molecular flexibility index (Phi) is 11.0. The molecule has 1 radical (unpaired) electrons. The predicted molar refractivity (Wildman–Crippen MR) is 159 cm³/mol. The molecule has 7 heteroatoms. The van der Waals surface area contributed by atoms with Crippen LogP contribution in [0.2, 0.25) is 0 Å². The Balaban J connectivity index is 0.000000828. The van der Waals surface area contributed by atoms with Crippen molar-refractivity contribution in [3.63, 3.8) is 0 Å². The van der Waals surface area contributed by atoms with Crippen LogP contribution in [0.4, 0.5) is 0 Å². The molecule has 0 spiro atoms. The number of nitrogens with zero attached hydrogens (tertiary/aromatic N) is 2. The summed E-state index contributed by atoms with van der Waals surface area (Å²) >= 11 is 0. The molecule has 0 aliphatic heterocycles. The van der Waals surface area contributed by atoms with Crippen LogP contribution in [0.5, 0.6) is 11.5 Å². The van der Waals surface area contributed by atoms with Gasteiger partial charge in [-0.3, -0.25) is 14.8 Å². The summed E-state index contributed by atoms with van der Waals surface area (Å²) in [5.41, 5.74) is 2.53. The summed E-state index contributed by atoms with van der Waals surface area (Å²) in [6.45, 7) is 1.53. The normalized spacial score (nSPS) is 11.7. The molecule has 5 aromatic rings. The van der Waals surface area contributed by atoms with Gasteiger partial charge < -0.3 is 15.3 Å². The van der Waals surface area contributed by atoms with E-state index >= 15 is 0 Å². The first-order valence-electron chi connectivity index (χ1n) is 12.6. The van der Waals surface area contributed by atoms with Crippen LogP contribution in [-0.4, -0.2) is 46.3 Å². The van der Waals surface area contributed by atoms with E-state index in [1.807, 2.05) is 91.0 Å². The average molecular weight is 578 g/mol. The molecular weight excluding hydrogens is 547 g/mol. The summed E-state index contributed by atoms with van der Waals surface area (Å²) in [5.74, 6) is -0.369. The molecule has 6 nitrogen and oxygen atoms in total. The number of hydrogen-bond donors (Lipinski definition) is 3. The molecule has 205 valence electrons. The van der Waals surface area contributed by atoms with E-state index in [1.54, 1.807) is 12.4 Å². The third-order valence-electron chi connectivity index (χ3n) is 6.15. The van der Waals surface area contributed by atoms with Crippen molar-refractivity contribution >= 4 is 39.9 Å². The number of carboxylic acids is 1. The molecule has 0 saturated carbocycles. The van der Waals surface area contributed by atoms with Gasteiger partial charge in [-0.25, -0.2) is 0 Å². The fraction of sp³-hybridized carbons (Fsp3) is 0.121. The van der Waals surface area contributed by atoms with Gasteiger partial charge in [-0.2, -0.15) is 0 Å². The number of aromatic hydroxyl groups is 2. The van der Waals surface area contributed by atoms with Gasteiger partial charge in [0.15, 0.2) is 0 Å². The Morgan fingerprint density at radius 3 is 1.75 bits per heavy atom. The Bertz CT molecular complexity index is 1630. The molecule has 40 heavy (non-hydrogen) atoms. The van der Waals surface area contributed by atoms with Gasteiger partial charge in [0.25, 0.3) is 5.97 Å². The molecule has 0 aliphatic rings. The molecule has 0 heterocycles. The fourth-order valence-corrected chi connectivity index (χ4v) is 4.26. The largest absolute Gasteiger partial charge is 0.507 e. The molecule has 5 aromatic carbocycles. The van der Waals surface area contributed by atoms with Gasteiger partial charge in [0.05, 0.1) is 12.6 Å². The molecule has 5 rings (SSSR count). The van der Waals surface area contributed by atoms with Crippen molar-refractivity contribution in [2.45, 2.75) is 19.4 Å². The van der Waals surface area contributed by atoms with Crippen molar-refractivity contribution in [3.05, 3.63) is 120 Å². The van der Waals surface area contributed by atoms with E-state index in [0.717, 1.165) is 28.5 Å². The van der Waals surface area contributed by atoms with Gasteiger partial charge in [0.2, 0.25) is 0 Å². The number of phenolic OH excluding ortho intramolecular Hbond substituents is 2. The van der Waals surface area contributed by atoms with E-state index < -0.39 is 5.97 Å². The number of benzene rings is 5. The average Bonchev–Trinajstić information content (AvgIpc) is 2.94. The SMILES string of the molecule is CC(=O)O.Oc1c(C=NCC(Cc2ccccc2)N=Cc2ccc3ccccc3c2O)ccc2ccccc12.[Co]. The molecule has 0 bridgehead atoms. The van der Waals surface area contributed by atoms with Gasteiger partial charge in [-0.15, -0.1) is 0 Å². The molecule has 0 aromatic heterocycles. The quantitative estimate of drug-likeness (QED) is 0.189. The van der Waals surface area contributed by atoms with Gasteiger partial charge in [-0.1, -0.05) is 91.0 Å². The zero-order chi connectivity index (χ0) is 27.6. The van der Waals surface area contributed by atoms with Crippen LogP contribution in [0.1, 0.15) is 23.6 Å². The number of carboxylic acid groups (broad SMARTS) is 1. The Labute approximate surface area is 243 Å². The van der Waals surface area contributed by atoms with Crippen LogP contribution in [0, 0.1) is 0 Å². The number of aliphatic carboxylic acids is 1. The monoisotopic (exact) mass is 577 g/mol. The van der Waals surface area contributed by atoms with Gasteiger partial charge in [-0.05, 0) is 34.9 Å². The van der Waals surface area contributed by atoms with Crippen molar-refractivity contribution < 1.29 is 36.9 Å². The van der Waals surface area contributed by atoms with E-state index in [0.29, 0.717) is 24.1 Å². The Morgan fingerprint density at radius 2 is 1.20 bits per heavy atom. The van der Waals surface area contributed by atoms with Crippen molar-refractivity contribution in [1.29, 1.82) is 0 Å². The van der Waals surface area contributed by atoms with Gasteiger partial charge in [0.1, 0.15) is 11.5 Å². The number of phenols is 2. The number of fused-ring (bicyclic) bond motifs is 2. The topological polar surface area (TPSA) is 102 Å². The van der Waals surface area contributed by atoms with Crippen LogP contribution >= 0.6 is 0 Å². The van der Waals surface area contributed by atoms with Gasteiger partial charge in [0, 0.05) is 58.0 Å². The second kappa shape index (κ2) is 14.6. The van der Waals surface area contributed by atoms with Gasteiger partial charge >= 0.3 is 0 Å². The van der Waals surface area contributed by atoms with E-state index in [9.17, 15) is 10.2 Å². The molecular formula is C33H30CoN2O4. The van der Waals surface area contributed by atoms with E-state index in [-0.39, 0.29) is 34.3 Å². The summed E-state index contributed by atoms with van der Waals surface area (Å²) in [7, 11) is 0. The van der Waals surface area contributed by atoms with Crippen molar-refractivity contribution in [2.75, 3.05) is 6.54 Å². The summed E-state index contributed by atoms with van der Waals surface area (Å²) in [6, 6.07) is 33.3. The fourth-order valence-electron chi connectivity index (χ4n) is 4.26. The molecule has 0 amide bonds. The second-order valence-electron chi connectivity index (χ2n) is 9.08. The van der Waals surface area contributed by atoms with Crippen LogP contribution in [0.25, 0.3) is 21.5 Å². The minimum absolute atomic E-state index is 0. The first-order valence-corrected chi connectivity index (χ1v) is 12.6. The smallest absolute Gasteiger partial charge is 0.300 e. The van der Waals surface area contributed by atoms with Crippen molar-refractivity contribution in [2.24, 2.45) is 9.98 Å². The standard InChI is InChI=1S/C31H26N2O2.C2H4O2.Co/c34-30-25(16-14-23-10-4-6-12-28(23)30)19-32-21-27(18-22-8-2-1-3-9-22)33-20-26-17-15-24-11-5-7-13-29(24)31(26)35;1-2(3)4;/h1-17,19-20,27,34-35H,18,21H2;1H3,(H,3,4);. The third-order valence-corrected chi connectivity index (χ3v) is 6.15. The Morgan fingerprint density at radius 1 is 0.725 bits per heavy atom. The summed E-state index contributed by atoms with van der Waals surface area (Å²) < 4.78 is 0. The molecule has 0 saturated heterocycles. The maximum atomic E-state index is 10.7. The first-order chi connectivity index (χ1) is 18.9. The minimum Gasteiger partial charge on any atom is -0.507 e. The van der Waals surface area contributed by atoms with Crippen molar-refractivity contribution in [1.82, 2.24) is 0 Å². The maximum absolute atomic E-state index is 10.7.